The number of halogens is 3. The van der Waals surface area contributed by atoms with E-state index in [0.717, 1.165) is 12.8 Å². The van der Waals surface area contributed by atoms with Crippen molar-refractivity contribution in [1.82, 2.24) is 4.90 Å². The molecule has 0 fully saturated rings. The Morgan fingerprint density at radius 1 is 1.22 bits per heavy atom. The lowest BCUT2D eigenvalue weighted by Gasteiger charge is -2.25. The zero-order valence-corrected chi connectivity index (χ0v) is 11.2. The largest absolute Gasteiger partial charge is 0.401 e. The van der Waals surface area contributed by atoms with E-state index < -0.39 is 18.8 Å². The van der Waals surface area contributed by atoms with Crippen molar-refractivity contribution in [3.05, 3.63) is 0 Å². The summed E-state index contributed by atoms with van der Waals surface area (Å²) in [6.45, 7) is 3.82. The lowest BCUT2D eigenvalue weighted by Crippen LogP contribution is -2.41. The summed E-state index contributed by atoms with van der Waals surface area (Å²) in [7, 11) is 0. The minimum atomic E-state index is -4.22. The summed E-state index contributed by atoms with van der Waals surface area (Å²) in [5.41, 5.74) is 0. The van der Waals surface area contributed by atoms with Crippen LogP contribution in [0.4, 0.5) is 13.2 Å². The maximum atomic E-state index is 12.3. The maximum Gasteiger partial charge on any atom is 0.401 e. The Kier molecular flexibility index (Phi) is 9.40. The summed E-state index contributed by atoms with van der Waals surface area (Å²) in [4.78, 5) is 1.22. The van der Waals surface area contributed by atoms with Gasteiger partial charge in [0.2, 0.25) is 0 Å². The van der Waals surface area contributed by atoms with Gasteiger partial charge >= 0.3 is 6.18 Å². The molecule has 110 valence electrons. The molecule has 6 heteroatoms. The standard InChI is InChI=1S/C12H24F3NO2/c1-3-5-7-18-9-11(17)8-16(6-4-2)10-12(13,14)15/h11,17H,3-10H2,1-2H3. The van der Waals surface area contributed by atoms with E-state index >= 15 is 0 Å². The maximum absolute atomic E-state index is 12.3. The molecule has 3 nitrogen and oxygen atoms in total. The first-order valence-electron chi connectivity index (χ1n) is 6.44. The van der Waals surface area contributed by atoms with Crippen molar-refractivity contribution in [2.45, 2.75) is 45.4 Å². The highest BCUT2D eigenvalue weighted by Gasteiger charge is 2.31. The molecule has 0 aliphatic carbocycles. The lowest BCUT2D eigenvalue weighted by molar-refractivity contribution is -0.149. The van der Waals surface area contributed by atoms with E-state index in [4.69, 9.17) is 4.74 Å². The predicted octanol–water partition coefficient (Wildman–Crippen LogP) is 2.44. The molecule has 0 spiro atoms. The molecule has 0 bridgehead atoms. The number of hydrogen-bond acceptors (Lipinski definition) is 3. The Bertz CT molecular complexity index is 200. The SMILES string of the molecule is CCCCOCC(O)CN(CCC)CC(F)(F)F. The molecule has 0 aliphatic rings. The molecule has 0 aromatic rings. The summed E-state index contributed by atoms with van der Waals surface area (Å²) in [5.74, 6) is 0. The third-order valence-electron chi connectivity index (χ3n) is 2.36. The fourth-order valence-corrected chi connectivity index (χ4v) is 1.62. The molecule has 18 heavy (non-hydrogen) atoms. The topological polar surface area (TPSA) is 32.7 Å². The Balaban J connectivity index is 3.91. The van der Waals surface area contributed by atoms with Gasteiger partial charge in [-0.3, -0.25) is 4.90 Å². The highest BCUT2D eigenvalue weighted by Crippen LogP contribution is 2.16. The molecule has 1 atom stereocenters. The number of ether oxygens (including phenoxy) is 1. The molecule has 0 aliphatic heterocycles. The number of aliphatic hydroxyl groups excluding tert-OH is 1. The van der Waals surface area contributed by atoms with E-state index in [1.165, 1.54) is 4.90 Å². The van der Waals surface area contributed by atoms with Gasteiger partial charge in [-0.1, -0.05) is 20.3 Å². The average molecular weight is 271 g/mol. The van der Waals surface area contributed by atoms with Crippen LogP contribution >= 0.6 is 0 Å². The van der Waals surface area contributed by atoms with Crippen molar-refractivity contribution in [2.24, 2.45) is 0 Å². The molecule has 0 saturated heterocycles. The number of alkyl halides is 3. The monoisotopic (exact) mass is 271 g/mol. The molecule has 0 saturated carbocycles. The van der Waals surface area contributed by atoms with Crippen molar-refractivity contribution in [2.75, 3.05) is 32.8 Å². The van der Waals surface area contributed by atoms with Gasteiger partial charge in [0, 0.05) is 13.2 Å². The van der Waals surface area contributed by atoms with Crippen molar-refractivity contribution in [1.29, 1.82) is 0 Å². The van der Waals surface area contributed by atoms with Gasteiger partial charge in [-0.25, -0.2) is 0 Å². The lowest BCUT2D eigenvalue weighted by atomic mass is 10.3. The van der Waals surface area contributed by atoms with Crippen molar-refractivity contribution in [3.8, 4) is 0 Å². The smallest absolute Gasteiger partial charge is 0.389 e. The van der Waals surface area contributed by atoms with Gasteiger partial charge in [-0.2, -0.15) is 13.2 Å². The van der Waals surface area contributed by atoms with Crippen LogP contribution in [0.5, 0.6) is 0 Å². The highest BCUT2D eigenvalue weighted by atomic mass is 19.4. The zero-order chi connectivity index (χ0) is 14.0. The Morgan fingerprint density at radius 3 is 2.39 bits per heavy atom. The normalized spacial score (nSPS) is 14.2. The van der Waals surface area contributed by atoms with Gasteiger partial charge in [0.15, 0.2) is 0 Å². The molecule has 0 amide bonds. The van der Waals surface area contributed by atoms with Crippen LogP contribution in [-0.2, 0) is 4.74 Å². The van der Waals surface area contributed by atoms with Crippen LogP contribution < -0.4 is 0 Å². The third-order valence-corrected chi connectivity index (χ3v) is 2.36. The average Bonchev–Trinajstić information content (AvgIpc) is 2.22. The van der Waals surface area contributed by atoms with Crippen molar-refractivity contribution >= 4 is 0 Å². The number of aliphatic hydroxyl groups is 1. The predicted molar refractivity (Wildman–Crippen MR) is 64.5 cm³/mol. The highest BCUT2D eigenvalue weighted by molar-refractivity contribution is 4.67. The second-order valence-corrected chi connectivity index (χ2v) is 4.43. The van der Waals surface area contributed by atoms with E-state index in [1.54, 1.807) is 0 Å². The van der Waals surface area contributed by atoms with Gasteiger partial charge < -0.3 is 9.84 Å². The minimum absolute atomic E-state index is 0.000521. The number of rotatable bonds is 10. The Labute approximate surface area is 107 Å². The fourth-order valence-electron chi connectivity index (χ4n) is 1.62. The summed E-state index contributed by atoms with van der Waals surface area (Å²) in [5, 5.41) is 9.61. The van der Waals surface area contributed by atoms with Crippen LogP contribution in [0.15, 0.2) is 0 Å². The summed E-state index contributed by atoms with van der Waals surface area (Å²) in [6, 6.07) is 0. The van der Waals surface area contributed by atoms with E-state index in [1.807, 2.05) is 13.8 Å². The van der Waals surface area contributed by atoms with Crippen LogP contribution in [0.25, 0.3) is 0 Å². The van der Waals surface area contributed by atoms with Gasteiger partial charge in [-0.05, 0) is 19.4 Å². The van der Waals surface area contributed by atoms with Crippen molar-refractivity contribution < 1.29 is 23.0 Å². The quantitative estimate of drug-likeness (QED) is 0.619. The second-order valence-electron chi connectivity index (χ2n) is 4.43. The summed E-state index contributed by atoms with van der Waals surface area (Å²) in [6.07, 6.45) is -2.58. The number of nitrogens with zero attached hydrogens (tertiary/aromatic N) is 1. The Hall–Kier alpha value is -0.330. The van der Waals surface area contributed by atoms with Crippen LogP contribution in [0.3, 0.4) is 0 Å². The molecular weight excluding hydrogens is 247 g/mol. The van der Waals surface area contributed by atoms with E-state index in [-0.39, 0.29) is 13.2 Å². The molecule has 0 aromatic carbocycles. The van der Waals surface area contributed by atoms with Crippen LogP contribution in [-0.4, -0.2) is 55.1 Å². The van der Waals surface area contributed by atoms with Crippen LogP contribution in [0.2, 0.25) is 0 Å². The molecule has 1 unspecified atom stereocenters. The van der Waals surface area contributed by atoms with E-state index in [9.17, 15) is 18.3 Å². The molecular formula is C12H24F3NO2. The first kappa shape index (κ1) is 17.7. The van der Waals surface area contributed by atoms with Crippen LogP contribution in [0, 0.1) is 0 Å². The van der Waals surface area contributed by atoms with Gasteiger partial charge in [0.1, 0.15) is 0 Å². The second kappa shape index (κ2) is 9.58. The van der Waals surface area contributed by atoms with Gasteiger partial charge in [0.05, 0.1) is 19.3 Å². The fraction of sp³-hybridized carbons (Fsp3) is 1.00. The van der Waals surface area contributed by atoms with Gasteiger partial charge in [-0.15, -0.1) is 0 Å². The molecule has 0 rings (SSSR count). The molecule has 0 aromatic heterocycles. The van der Waals surface area contributed by atoms with Crippen LogP contribution in [0.1, 0.15) is 33.1 Å². The number of hydrogen-bond donors (Lipinski definition) is 1. The van der Waals surface area contributed by atoms with Crippen molar-refractivity contribution in [3.63, 3.8) is 0 Å². The summed E-state index contributed by atoms with van der Waals surface area (Å²) >= 11 is 0. The molecule has 0 radical (unpaired) electrons. The summed E-state index contributed by atoms with van der Waals surface area (Å²) < 4.78 is 42.0. The number of unbranched alkanes of at least 4 members (excludes halogenated alkanes) is 1. The minimum Gasteiger partial charge on any atom is -0.389 e. The first-order chi connectivity index (χ1) is 8.39. The zero-order valence-electron chi connectivity index (χ0n) is 11.2. The van der Waals surface area contributed by atoms with E-state index in [0.29, 0.717) is 19.6 Å². The molecule has 0 heterocycles. The van der Waals surface area contributed by atoms with E-state index in [2.05, 4.69) is 0 Å². The third kappa shape index (κ3) is 10.8. The molecule has 1 N–H and O–H groups in total. The first-order valence-corrected chi connectivity index (χ1v) is 6.44. The van der Waals surface area contributed by atoms with Gasteiger partial charge in [0.25, 0.3) is 0 Å². The Morgan fingerprint density at radius 2 is 1.89 bits per heavy atom.